The third kappa shape index (κ3) is 3.81. The van der Waals surface area contributed by atoms with Crippen LogP contribution in [0, 0.1) is 0 Å². The van der Waals surface area contributed by atoms with E-state index >= 15 is 0 Å². The second-order valence-electron chi connectivity index (χ2n) is 8.56. The highest BCUT2D eigenvalue weighted by Gasteiger charge is 2.48. The van der Waals surface area contributed by atoms with E-state index in [4.69, 9.17) is 25.8 Å². The number of aliphatic hydroxyl groups excluding tert-OH is 2. The maximum Gasteiger partial charge on any atom is 0.296 e. The fraction of sp³-hybridized carbons (Fsp3) is 0.435. The molecule has 2 fully saturated rings. The molecule has 2 aliphatic heterocycles. The zero-order chi connectivity index (χ0) is 23.2. The summed E-state index contributed by atoms with van der Waals surface area (Å²) in [4.78, 5) is 12.2. The monoisotopic (exact) mass is 485 g/mol. The van der Waals surface area contributed by atoms with Crippen LogP contribution in [0.2, 0.25) is 5.02 Å². The van der Waals surface area contributed by atoms with Crippen LogP contribution in [0.1, 0.15) is 11.4 Å². The first-order valence-electron chi connectivity index (χ1n) is 11.3. The van der Waals surface area contributed by atoms with Crippen molar-refractivity contribution in [2.75, 3.05) is 19.8 Å². The summed E-state index contributed by atoms with van der Waals surface area (Å²) in [5.74, 6) is 0. The number of nitrogens with zero attached hydrogens (tertiary/aromatic N) is 4. The van der Waals surface area contributed by atoms with E-state index in [-0.39, 0.29) is 31.5 Å². The molecule has 6 rings (SSSR count). The number of aryl methyl sites for hydroxylation is 2. The highest BCUT2D eigenvalue weighted by molar-refractivity contribution is 6.31. The lowest BCUT2D eigenvalue weighted by molar-refractivity contribution is 0.00706. The number of para-hydroxylation sites is 1. The Bertz CT molecular complexity index is 1340. The molecule has 0 saturated carbocycles. The second-order valence-corrected chi connectivity index (χ2v) is 8.97. The number of aliphatic hydroxyl groups is 2. The van der Waals surface area contributed by atoms with Crippen LogP contribution in [0.4, 0.5) is 0 Å². The Labute approximate surface area is 199 Å². The van der Waals surface area contributed by atoms with Gasteiger partial charge in [0, 0.05) is 5.39 Å². The molecule has 5 heterocycles. The van der Waals surface area contributed by atoms with Gasteiger partial charge in [0.25, 0.3) is 6.01 Å². The molecule has 34 heavy (non-hydrogen) atoms. The lowest BCUT2D eigenvalue weighted by Gasteiger charge is -2.15. The van der Waals surface area contributed by atoms with Gasteiger partial charge in [0.05, 0.1) is 53.8 Å². The fourth-order valence-corrected chi connectivity index (χ4v) is 4.98. The third-order valence-electron chi connectivity index (χ3n) is 6.37. The van der Waals surface area contributed by atoms with Crippen LogP contribution in [0.15, 0.2) is 30.3 Å². The molecule has 0 spiro atoms. The molecule has 4 aromatic rings. The summed E-state index contributed by atoms with van der Waals surface area (Å²) < 4.78 is 19.0. The van der Waals surface area contributed by atoms with Crippen LogP contribution >= 0.6 is 11.6 Å². The Morgan fingerprint density at radius 1 is 1.12 bits per heavy atom. The molecule has 1 aromatic carbocycles. The summed E-state index contributed by atoms with van der Waals surface area (Å²) >= 11 is 6.53. The highest BCUT2D eigenvalue weighted by atomic mass is 35.5. The third-order valence-corrected chi connectivity index (χ3v) is 6.69. The summed E-state index contributed by atoms with van der Waals surface area (Å²) in [6.07, 6.45) is -0.456. The Balaban J connectivity index is 1.20. The van der Waals surface area contributed by atoms with Gasteiger partial charge in [-0.3, -0.25) is 4.68 Å². The van der Waals surface area contributed by atoms with Gasteiger partial charge in [0.15, 0.2) is 11.8 Å². The molecule has 3 aromatic heterocycles. The number of aromatic amines is 1. The van der Waals surface area contributed by atoms with Crippen molar-refractivity contribution in [2.24, 2.45) is 0 Å². The minimum absolute atomic E-state index is 0.0276. The first-order valence-corrected chi connectivity index (χ1v) is 11.7. The van der Waals surface area contributed by atoms with Gasteiger partial charge in [-0.25, -0.2) is 4.98 Å². The number of nitrogens with one attached hydrogen (secondary N) is 1. The molecule has 0 bridgehead atoms. The SMILES string of the molecule is OCCn1nc(CCc2nc3nc(O[C@@H]4CO[C@H]5[C@@H]4OC[C@H]5O)[nH]c3cc2Cl)c2ccccc21. The maximum atomic E-state index is 9.91. The van der Waals surface area contributed by atoms with Crippen LogP contribution < -0.4 is 4.74 Å². The van der Waals surface area contributed by atoms with E-state index in [0.29, 0.717) is 48.2 Å². The number of benzene rings is 1. The molecule has 2 saturated heterocycles. The molecule has 178 valence electrons. The van der Waals surface area contributed by atoms with E-state index in [9.17, 15) is 10.2 Å². The van der Waals surface area contributed by atoms with Gasteiger partial charge < -0.3 is 29.4 Å². The lowest BCUT2D eigenvalue weighted by Crippen LogP contribution is -2.34. The normalized spacial score (nSPS) is 24.3. The smallest absolute Gasteiger partial charge is 0.296 e. The van der Waals surface area contributed by atoms with Gasteiger partial charge in [-0.2, -0.15) is 10.1 Å². The van der Waals surface area contributed by atoms with Gasteiger partial charge in [-0.15, -0.1) is 0 Å². The predicted molar refractivity (Wildman–Crippen MR) is 123 cm³/mol. The molecule has 11 heteroatoms. The summed E-state index contributed by atoms with van der Waals surface area (Å²) in [7, 11) is 0. The number of H-pyrrole nitrogens is 1. The number of aromatic nitrogens is 5. The zero-order valence-corrected chi connectivity index (χ0v) is 19.0. The molecule has 3 N–H and O–H groups in total. The number of pyridine rings is 1. The van der Waals surface area contributed by atoms with Crippen molar-refractivity contribution in [3.05, 3.63) is 46.7 Å². The Morgan fingerprint density at radius 2 is 1.94 bits per heavy atom. The highest BCUT2D eigenvalue weighted by Crippen LogP contribution is 2.30. The van der Waals surface area contributed by atoms with Gasteiger partial charge in [0.1, 0.15) is 18.3 Å². The molecule has 10 nitrogen and oxygen atoms in total. The number of rotatable bonds is 7. The van der Waals surface area contributed by atoms with E-state index in [1.165, 1.54) is 0 Å². The lowest BCUT2D eigenvalue weighted by atomic mass is 10.1. The van der Waals surface area contributed by atoms with E-state index in [0.717, 1.165) is 22.3 Å². The van der Waals surface area contributed by atoms with Crippen LogP contribution in [0.25, 0.3) is 22.1 Å². The zero-order valence-electron chi connectivity index (χ0n) is 18.2. The molecular weight excluding hydrogens is 462 g/mol. The Hall–Kier alpha value is -2.76. The summed E-state index contributed by atoms with van der Waals surface area (Å²) in [5, 5.41) is 25.5. The predicted octanol–water partition coefficient (Wildman–Crippen LogP) is 1.64. The average molecular weight is 486 g/mol. The van der Waals surface area contributed by atoms with Crippen LogP contribution in [-0.4, -0.2) is 79.2 Å². The topological polar surface area (TPSA) is 128 Å². The van der Waals surface area contributed by atoms with Gasteiger partial charge in [-0.1, -0.05) is 29.8 Å². The number of hydrogen-bond donors (Lipinski definition) is 3. The Morgan fingerprint density at radius 3 is 2.82 bits per heavy atom. The summed E-state index contributed by atoms with van der Waals surface area (Å²) in [6.45, 7) is 1.03. The standard InChI is InChI=1S/C23H24ClN5O5/c24-13-9-16-22(27-23(26-16)34-19-11-33-20-18(31)10-32-21(19)20)25-15(13)6-5-14-12-3-1-2-4-17(12)29(28-14)7-8-30/h1-4,9,18-21,30-31H,5-8,10-11H2,(H,25,26,27)/t18-,19-,20-,21-/m1/s1. The number of hydrogen-bond acceptors (Lipinski definition) is 8. The van der Waals surface area contributed by atoms with Crippen molar-refractivity contribution in [1.29, 1.82) is 0 Å². The van der Waals surface area contributed by atoms with Crippen LogP contribution in [0.5, 0.6) is 6.01 Å². The molecule has 0 unspecified atom stereocenters. The number of fused-ring (bicyclic) bond motifs is 3. The molecule has 4 atom stereocenters. The maximum absolute atomic E-state index is 9.91. The van der Waals surface area contributed by atoms with Crippen molar-refractivity contribution in [3.8, 4) is 6.01 Å². The first-order chi connectivity index (χ1) is 16.6. The van der Waals surface area contributed by atoms with Crippen molar-refractivity contribution in [1.82, 2.24) is 24.7 Å². The van der Waals surface area contributed by atoms with E-state index in [1.54, 1.807) is 6.07 Å². The second kappa shape index (κ2) is 8.79. The van der Waals surface area contributed by atoms with Gasteiger partial charge >= 0.3 is 0 Å². The van der Waals surface area contributed by atoms with Crippen molar-refractivity contribution in [3.63, 3.8) is 0 Å². The number of imidazole rings is 1. The summed E-state index contributed by atoms with van der Waals surface area (Å²) in [6, 6.07) is 10.1. The van der Waals surface area contributed by atoms with E-state index in [2.05, 4.69) is 20.1 Å². The minimum atomic E-state index is -0.635. The van der Waals surface area contributed by atoms with Gasteiger partial charge in [-0.05, 0) is 25.0 Å². The number of ether oxygens (including phenoxy) is 3. The van der Waals surface area contributed by atoms with Crippen molar-refractivity contribution >= 4 is 33.7 Å². The first kappa shape index (κ1) is 21.8. The quantitative estimate of drug-likeness (QED) is 0.360. The van der Waals surface area contributed by atoms with E-state index < -0.39 is 6.10 Å². The minimum Gasteiger partial charge on any atom is -0.456 e. The van der Waals surface area contributed by atoms with Crippen molar-refractivity contribution < 1.29 is 24.4 Å². The molecule has 0 aliphatic carbocycles. The molecular formula is C23H24ClN5O5. The van der Waals surface area contributed by atoms with Crippen LogP contribution in [-0.2, 0) is 28.9 Å². The Kier molecular flexibility index (Phi) is 5.62. The summed E-state index contributed by atoms with van der Waals surface area (Å²) in [5.41, 5.74) is 3.83. The van der Waals surface area contributed by atoms with Crippen molar-refractivity contribution in [2.45, 2.75) is 43.8 Å². The molecule has 0 radical (unpaired) electrons. The fourth-order valence-electron chi connectivity index (χ4n) is 4.73. The molecule has 2 aliphatic rings. The van der Waals surface area contributed by atoms with Crippen LogP contribution in [0.3, 0.4) is 0 Å². The molecule has 0 amide bonds. The largest absolute Gasteiger partial charge is 0.456 e. The van der Waals surface area contributed by atoms with E-state index in [1.807, 2.05) is 28.9 Å². The average Bonchev–Trinajstić information content (AvgIpc) is 3.58. The van der Waals surface area contributed by atoms with Gasteiger partial charge in [0.2, 0.25) is 0 Å². The number of halogens is 1.